The molecule has 0 aliphatic heterocycles. The quantitative estimate of drug-likeness (QED) is 0.506. The van der Waals surface area contributed by atoms with Crippen LogP contribution >= 0.6 is 0 Å². The minimum atomic E-state index is -0.367. The van der Waals surface area contributed by atoms with Crippen LogP contribution in [0.3, 0.4) is 0 Å². The number of carbonyl (C=O) groups excluding carboxylic acids is 1. The number of esters is 1. The van der Waals surface area contributed by atoms with Crippen molar-refractivity contribution in [1.29, 1.82) is 0 Å². The molecule has 0 aliphatic carbocycles. The van der Waals surface area contributed by atoms with Crippen molar-refractivity contribution in [3.05, 3.63) is 72.1 Å². The van der Waals surface area contributed by atoms with E-state index < -0.39 is 0 Å². The second kappa shape index (κ2) is 5.84. The molecular formula is C20H19NO2. The van der Waals surface area contributed by atoms with E-state index in [9.17, 15) is 4.79 Å². The Balaban J connectivity index is 1.86. The minimum absolute atomic E-state index is 0.112. The molecule has 23 heavy (non-hydrogen) atoms. The lowest BCUT2D eigenvalue weighted by Gasteiger charge is -2.17. The smallest absolute Gasteiger partial charge is 0.343 e. The first-order valence-corrected chi connectivity index (χ1v) is 7.61. The number of pyridine rings is 1. The van der Waals surface area contributed by atoms with E-state index in [4.69, 9.17) is 4.74 Å². The summed E-state index contributed by atoms with van der Waals surface area (Å²) in [6.07, 6.45) is 1.65. The highest BCUT2D eigenvalue weighted by atomic mass is 16.5. The van der Waals surface area contributed by atoms with Crippen LogP contribution in [-0.2, 0) is 5.41 Å². The molecular weight excluding hydrogens is 286 g/mol. The topological polar surface area (TPSA) is 39.2 Å². The number of carbonyl (C=O) groups is 1. The van der Waals surface area contributed by atoms with Crippen LogP contribution < -0.4 is 4.74 Å². The molecule has 0 bridgehead atoms. The van der Waals surface area contributed by atoms with Crippen LogP contribution in [0.5, 0.6) is 5.75 Å². The van der Waals surface area contributed by atoms with E-state index in [1.54, 1.807) is 18.3 Å². The van der Waals surface area contributed by atoms with Crippen molar-refractivity contribution in [2.75, 3.05) is 0 Å². The second-order valence-electron chi connectivity index (χ2n) is 6.58. The van der Waals surface area contributed by atoms with Gasteiger partial charge in [0, 0.05) is 17.3 Å². The van der Waals surface area contributed by atoms with Gasteiger partial charge in [0.25, 0.3) is 0 Å². The molecule has 0 amide bonds. The molecule has 0 fully saturated rings. The maximum Gasteiger partial charge on any atom is 0.343 e. The second-order valence-corrected chi connectivity index (χ2v) is 6.58. The molecule has 1 aromatic heterocycles. The summed E-state index contributed by atoms with van der Waals surface area (Å²) in [5.74, 6) is 0.177. The molecule has 0 saturated heterocycles. The van der Waals surface area contributed by atoms with Gasteiger partial charge < -0.3 is 4.74 Å². The number of fused-ring (bicyclic) bond motifs is 1. The maximum absolute atomic E-state index is 12.4. The fraction of sp³-hybridized carbons (Fsp3) is 0.200. The summed E-state index contributed by atoms with van der Waals surface area (Å²) in [6, 6.07) is 17.1. The molecule has 3 heteroatoms. The number of nitrogens with zero attached hydrogens (tertiary/aromatic N) is 1. The number of hydrogen-bond donors (Lipinski definition) is 0. The largest absolute Gasteiger partial charge is 0.423 e. The lowest BCUT2D eigenvalue weighted by atomic mass is 9.91. The molecule has 3 rings (SSSR count). The van der Waals surface area contributed by atoms with E-state index in [0.717, 1.165) is 16.5 Å². The lowest BCUT2D eigenvalue weighted by molar-refractivity contribution is 0.0734. The summed E-state index contributed by atoms with van der Waals surface area (Å²) in [6.45, 7) is 6.19. The first kappa shape index (κ1) is 15.2. The summed E-state index contributed by atoms with van der Waals surface area (Å²) < 4.78 is 5.51. The summed E-state index contributed by atoms with van der Waals surface area (Å²) in [5, 5.41) is 2.16. The predicted molar refractivity (Wildman–Crippen MR) is 91.8 cm³/mol. The van der Waals surface area contributed by atoms with Gasteiger partial charge in [-0.05, 0) is 35.0 Å². The molecule has 0 atom stereocenters. The molecule has 0 saturated carbocycles. The average molecular weight is 305 g/mol. The Morgan fingerprint density at radius 2 is 1.70 bits per heavy atom. The van der Waals surface area contributed by atoms with Gasteiger partial charge in [-0.2, -0.15) is 0 Å². The first-order valence-electron chi connectivity index (χ1n) is 7.61. The highest BCUT2D eigenvalue weighted by molar-refractivity contribution is 5.92. The SMILES string of the molecule is CC(C)(C)c1cc(C(=O)Oc2ccc3ccccc3c2)ccn1. The maximum atomic E-state index is 12.4. The molecule has 1 heterocycles. The predicted octanol–water partition coefficient (Wildman–Crippen LogP) is 4.75. The molecule has 0 radical (unpaired) electrons. The first-order chi connectivity index (χ1) is 10.9. The van der Waals surface area contributed by atoms with Crippen LogP contribution in [0.15, 0.2) is 60.8 Å². The molecule has 3 aromatic rings. The van der Waals surface area contributed by atoms with E-state index in [0.29, 0.717) is 11.3 Å². The van der Waals surface area contributed by atoms with E-state index in [-0.39, 0.29) is 11.4 Å². The molecule has 0 aliphatic rings. The van der Waals surface area contributed by atoms with Crippen LogP contribution in [0.4, 0.5) is 0 Å². The fourth-order valence-electron chi connectivity index (χ4n) is 2.36. The number of rotatable bonds is 2. The lowest BCUT2D eigenvalue weighted by Crippen LogP contribution is -2.16. The third kappa shape index (κ3) is 3.39. The van der Waals surface area contributed by atoms with Gasteiger partial charge in [0.05, 0.1) is 5.56 Å². The number of ether oxygens (including phenoxy) is 1. The number of aromatic nitrogens is 1. The standard InChI is InChI=1S/C20H19NO2/c1-20(2,3)18-13-16(10-11-21-18)19(22)23-17-9-8-14-6-4-5-7-15(14)12-17/h4-13H,1-3H3. The highest BCUT2D eigenvalue weighted by Crippen LogP contribution is 2.23. The number of benzene rings is 2. The van der Waals surface area contributed by atoms with Gasteiger partial charge in [-0.15, -0.1) is 0 Å². The van der Waals surface area contributed by atoms with Crippen molar-refractivity contribution >= 4 is 16.7 Å². The Labute approximate surface area is 135 Å². The van der Waals surface area contributed by atoms with Gasteiger partial charge in [-0.1, -0.05) is 51.1 Å². The Kier molecular flexibility index (Phi) is 3.87. The molecule has 2 aromatic carbocycles. The molecule has 0 spiro atoms. The van der Waals surface area contributed by atoms with Crippen molar-refractivity contribution in [1.82, 2.24) is 4.98 Å². The number of hydrogen-bond acceptors (Lipinski definition) is 3. The zero-order valence-corrected chi connectivity index (χ0v) is 13.5. The monoisotopic (exact) mass is 305 g/mol. The van der Waals surface area contributed by atoms with Gasteiger partial charge in [0.1, 0.15) is 5.75 Å². The molecule has 0 N–H and O–H groups in total. The Bertz CT molecular complexity index is 863. The Hall–Kier alpha value is -2.68. The van der Waals surface area contributed by atoms with Crippen LogP contribution in [0, 0.1) is 0 Å². The van der Waals surface area contributed by atoms with Crippen LogP contribution in [-0.4, -0.2) is 11.0 Å². The van der Waals surface area contributed by atoms with Crippen molar-refractivity contribution < 1.29 is 9.53 Å². The normalized spacial score (nSPS) is 11.4. The Morgan fingerprint density at radius 3 is 2.43 bits per heavy atom. The molecule has 3 nitrogen and oxygen atoms in total. The van der Waals surface area contributed by atoms with Gasteiger partial charge in [0.2, 0.25) is 0 Å². The summed E-state index contributed by atoms with van der Waals surface area (Å²) in [4.78, 5) is 16.7. The zero-order valence-electron chi connectivity index (χ0n) is 13.5. The van der Waals surface area contributed by atoms with Crippen molar-refractivity contribution in [3.63, 3.8) is 0 Å². The molecule has 0 unspecified atom stereocenters. The fourth-order valence-corrected chi connectivity index (χ4v) is 2.36. The minimum Gasteiger partial charge on any atom is -0.423 e. The summed E-state index contributed by atoms with van der Waals surface area (Å²) >= 11 is 0. The van der Waals surface area contributed by atoms with E-state index >= 15 is 0 Å². The van der Waals surface area contributed by atoms with Crippen molar-refractivity contribution in [2.45, 2.75) is 26.2 Å². The Morgan fingerprint density at radius 1 is 0.957 bits per heavy atom. The summed E-state index contributed by atoms with van der Waals surface area (Å²) in [7, 11) is 0. The van der Waals surface area contributed by atoms with Crippen LogP contribution in [0.25, 0.3) is 10.8 Å². The van der Waals surface area contributed by atoms with E-state index in [1.165, 1.54) is 0 Å². The van der Waals surface area contributed by atoms with E-state index in [2.05, 4.69) is 25.8 Å². The van der Waals surface area contributed by atoms with Crippen LogP contribution in [0.1, 0.15) is 36.8 Å². The van der Waals surface area contributed by atoms with Gasteiger partial charge >= 0.3 is 5.97 Å². The van der Waals surface area contributed by atoms with Gasteiger partial charge in [0.15, 0.2) is 0 Å². The third-order valence-electron chi connectivity index (χ3n) is 3.70. The highest BCUT2D eigenvalue weighted by Gasteiger charge is 2.18. The van der Waals surface area contributed by atoms with Crippen molar-refractivity contribution in [2.24, 2.45) is 0 Å². The summed E-state index contributed by atoms with van der Waals surface area (Å²) in [5.41, 5.74) is 1.27. The molecule has 116 valence electrons. The van der Waals surface area contributed by atoms with Gasteiger partial charge in [-0.25, -0.2) is 4.79 Å². The average Bonchev–Trinajstić information content (AvgIpc) is 2.54. The zero-order chi connectivity index (χ0) is 16.4. The van der Waals surface area contributed by atoms with Crippen molar-refractivity contribution in [3.8, 4) is 5.75 Å². The van der Waals surface area contributed by atoms with Gasteiger partial charge in [-0.3, -0.25) is 4.98 Å². The van der Waals surface area contributed by atoms with Crippen LogP contribution in [0.2, 0.25) is 0 Å². The third-order valence-corrected chi connectivity index (χ3v) is 3.70. The van der Waals surface area contributed by atoms with E-state index in [1.807, 2.05) is 42.5 Å².